The van der Waals surface area contributed by atoms with Crippen LogP contribution in [0.15, 0.2) is 54.7 Å². The number of ether oxygens (including phenoxy) is 2. The zero-order chi connectivity index (χ0) is 23.1. The molecule has 0 spiro atoms. The van der Waals surface area contributed by atoms with Gasteiger partial charge in [-0.15, -0.1) is 0 Å². The maximum Gasteiger partial charge on any atom is 0.289 e. The van der Waals surface area contributed by atoms with Crippen molar-refractivity contribution < 1.29 is 18.7 Å². The van der Waals surface area contributed by atoms with Gasteiger partial charge in [0.2, 0.25) is 0 Å². The van der Waals surface area contributed by atoms with Crippen LogP contribution in [0.1, 0.15) is 31.0 Å². The number of halogens is 1. The van der Waals surface area contributed by atoms with Crippen LogP contribution in [0.2, 0.25) is 0 Å². The van der Waals surface area contributed by atoms with Crippen molar-refractivity contribution in [3.8, 4) is 22.6 Å². The van der Waals surface area contributed by atoms with Gasteiger partial charge in [0.05, 0.1) is 30.9 Å². The van der Waals surface area contributed by atoms with Gasteiger partial charge in [-0.05, 0) is 73.7 Å². The quantitative estimate of drug-likeness (QED) is 0.542. The Morgan fingerprint density at radius 1 is 1.24 bits per heavy atom. The van der Waals surface area contributed by atoms with Gasteiger partial charge in [-0.25, -0.2) is 9.37 Å². The Bertz CT molecular complexity index is 1230. The molecule has 0 aliphatic carbocycles. The maximum atomic E-state index is 13.6. The first-order valence-corrected chi connectivity index (χ1v) is 11.1. The summed E-state index contributed by atoms with van der Waals surface area (Å²) < 4.78 is 27.3. The number of carbonyl (C=O) groups is 1. The number of nitrogens with zero attached hydrogens (tertiary/aromatic N) is 3. The van der Waals surface area contributed by atoms with E-state index in [0.717, 1.165) is 47.5 Å². The Morgan fingerprint density at radius 3 is 2.73 bits per heavy atom. The largest absolute Gasteiger partial charge is 0.495 e. The molecule has 2 saturated heterocycles. The second kappa shape index (κ2) is 8.39. The van der Waals surface area contributed by atoms with Gasteiger partial charge < -0.3 is 18.9 Å². The second-order valence-electron chi connectivity index (χ2n) is 8.58. The minimum atomic E-state index is -0.308. The highest BCUT2D eigenvalue weighted by molar-refractivity contribution is 5.98. The molecule has 2 aliphatic heterocycles. The Kier molecular flexibility index (Phi) is 5.40. The first-order valence-electron chi connectivity index (χ1n) is 11.1. The summed E-state index contributed by atoms with van der Waals surface area (Å²) in [6, 6.07) is 10.3. The molecule has 0 N–H and O–H groups in total. The van der Waals surface area contributed by atoms with E-state index in [1.165, 1.54) is 12.1 Å². The van der Waals surface area contributed by atoms with E-state index in [0.29, 0.717) is 11.5 Å². The molecule has 3 aromatic rings. The number of morpholine rings is 1. The van der Waals surface area contributed by atoms with Gasteiger partial charge in [0.1, 0.15) is 17.7 Å². The molecule has 3 heterocycles. The van der Waals surface area contributed by atoms with Crippen molar-refractivity contribution in [1.29, 1.82) is 0 Å². The van der Waals surface area contributed by atoms with Gasteiger partial charge >= 0.3 is 0 Å². The monoisotopic (exact) mass is 447 g/mol. The molecule has 5 rings (SSSR count). The van der Waals surface area contributed by atoms with Crippen molar-refractivity contribution in [2.45, 2.75) is 38.8 Å². The lowest BCUT2D eigenvalue weighted by Crippen LogP contribution is -2.48. The number of carbonyl (C=O) groups excluding carboxylic acids is 1. The zero-order valence-corrected chi connectivity index (χ0v) is 18.9. The van der Waals surface area contributed by atoms with Crippen molar-refractivity contribution in [3.05, 3.63) is 71.8 Å². The van der Waals surface area contributed by atoms with Crippen LogP contribution in [0.5, 0.6) is 5.75 Å². The summed E-state index contributed by atoms with van der Waals surface area (Å²) in [7, 11) is 1.61. The van der Waals surface area contributed by atoms with E-state index >= 15 is 0 Å². The predicted octanol–water partition coefficient (Wildman–Crippen LogP) is 4.75. The van der Waals surface area contributed by atoms with Gasteiger partial charge in [0, 0.05) is 12.7 Å². The van der Waals surface area contributed by atoms with Crippen molar-refractivity contribution in [2.24, 2.45) is 0 Å². The molecule has 7 heteroatoms. The minimum absolute atomic E-state index is 0.0687. The fraction of sp³-hybridized carbons (Fsp3) is 0.308. The summed E-state index contributed by atoms with van der Waals surface area (Å²) in [4.78, 5) is 19.4. The molecular weight excluding hydrogens is 421 g/mol. The topological polar surface area (TPSA) is 56.6 Å². The molecule has 170 valence electrons. The van der Waals surface area contributed by atoms with E-state index in [9.17, 15) is 9.18 Å². The molecule has 0 unspecified atom stereocenters. The van der Waals surface area contributed by atoms with Crippen LogP contribution < -0.4 is 4.74 Å². The molecule has 6 nitrogen and oxygen atoms in total. The molecule has 0 saturated carbocycles. The summed E-state index contributed by atoms with van der Waals surface area (Å²) in [6.45, 7) is 4.68. The smallest absolute Gasteiger partial charge is 0.289 e. The zero-order valence-electron chi connectivity index (χ0n) is 18.9. The molecule has 0 bridgehead atoms. The van der Waals surface area contributed by atoms with Gasteiger partial charge in [-0.2, -0.15) is 0 Å². The number of amides is 1. The van der Waals surface area contributed by atoms with Crippen LogP contribution in [0, 0.1) is 12.7 Å². The Balaban J connectivity index is 1.66. The Hall–Kier alpha value is -3.61. The third-order valence-corrected chi connectivity index (χ3v) is 6.41. The van der Waals surface area contributed by atoms with Crippen molar-refractivity contribution >= 4 is 12.0 Å². The minimum Gasteiger partial charge on any atom is -0.495 e. The van der Waals surface area contributed by atoms with Crippen LogP contribution in [0.3, 0.4) is 0 Å². The van der Waals surface area contributed by atoms with Gasteiger partial charge in [-0.3, -0.25) is 4.79 Å². The van der Waals surface area contributed by atoms with E-state index in [-0.39, 0.29) is 23.9 Å². The number of hydrogen-bond acceptors (Lipinski definition) is 4. The lowest BCUT2D eigenvalue weighted by Gasteiger charge is -2.36. The molecule has 1 aromatic heterocycles. The summed E-state index contributed by atoms with van der Waals surface area (Å²) in [6.07, 6.45) is 7.30. The van der Waals surface area contributed by atoms with E-state index in [1.54, 1.807) is 31.6 Å². The molecule has 33 heavy (non-hydrogen) atoms. The number of aromatic nitrogens is 2. The van der Waals surface area contributed by atoms with Crippen molar-refractivity contribution in [3.63, 3.8) is 0 Å². The van der Waals surface area contributed by atoms with E-state index in [4.69, 9.17) is 9.47 Å². The van der Waals surface area contributed by atoms with E-state index in [1.807, 2.05) is 41.6 Å². The SMILES string of the molecule is COc1cc(/C=C2\O[C@@H](C)[C@H]3CCCN3C2=O)c(-c2ccc(F)cc2)cc1-n1cnc(C)c1. The molecule has 0 radical (unpaired) electrons. The van der Waals surface area contributed by atoms with Gasteiger partial charge in [0.25, 0.3) is 5.91 Å². The first-order chi connectivity index (χ1) is 15.9. The molecular formula is C26H26FN3O3. The Morgan fingerprint density at radius 2 is 2.03 bits per heavy atom. The fourth-order valence-corrected chi connectivity index (χ4v) is 4.74. The molecule has 2 aliphatic rings. The lowest BCUT2D eigenvalue weighted by atomic mass is 9.97. The van der Waals surface area contributed by atoms with Crippen LogP contribution >= 0.6 is 0 Å². The second-order valence-corrected chi connectivity index (χ2v) is 8.58. The number of fused-ring (bicyclic) bond motifs is 1. The normalized spacial score (nSPS) is 21.3. The highest BCUT2D eigenvalue weighted by Crippen LogP contribution is 2.37. The standard InChI is InChI=1S/C26H26FN3O3/c1-16-14-29(15-28-16)23-13-21(18-6-8-20(27)9-7-18)19(11-24(23)32-3)12-25-26(31)30-10-4-5-22(30)17(2)33-25/h6-9,11-15,17,22H,4-5,10H2,1-3H3/b25-12-/t17-,22+/m0/s1. The predicted molar refractivity (Wildman–Crippen MR) is 124 cm³/mol. The highest BCUT2D eigenvalue weighted by atomic mass is 19.1. The summed E-state index contributed by atoms with van der Waals surface area (Å²) >= 11 is 0. The fourth-order valence-electron chi connectivity index (χ4n) is 4.74. The van der Waals surface area contributed by atoms with E-state index in [2.05, 4.69) is 4.98 Å². The third kappa shape index (κ3) is 3.88. The van der Waals surface area contributed by atoms with E-state index < -0.39 is 0 Å². The highest BCUT2D eigenvalue weighted by Gasteiger charge is 2.40. The third-order valence-electron chi connectivity index (χ3n) is 6.41. The van der Waals surface area contributed by atoms with Gasteiger partial charge in [-0.1, -0.05) is 12.1 Å². The number of rotatable bonds is 4. The summed E-state index contributed by atoms with van der Waals surface area (Å²) in [5.74, 6) is 0.545. The number of aryl methyl sites for hydroxylation is 1. The summed E-state index contributed by atoms with van der Waals surface area (Å²) in [5, 5.41) is 0. The lowest BCUT2D eigenvalue weighted by molar-refractivity contribution is -0.141. The van der Waals surface area contributed by atoms with Crippen LogP contribution in [0.25, 0.3) is 22.9 Å². The average Bonchev–Trinajstić information content (AvgIpc) is 3.47. The van der Waals surface area contributed by atoms with Crippen LogP contribution in [-0.4, -0.2) is 46.2 Å². The number of methoxy groups -OCH3 is 1. The van der Waals surface area contributed by atoms with Crippen LogP contribution in [-0.2, 0) is 9.53 Å². The average molecular weight is 448 g/mol. The molecule has 1 amide bonds. The van der Waals surface area contributed by atoms with Gasteiger partial charge in [0.15, 0.2) is 5.76 Å². The van der Waals surface area contributed by atoms with Crippen molar-refractivity contribution in [2.75, 3.05) is 13.7 Å². The Labute approximate surface area is 192 Å². The number of imidazole rings is 1. The maximum absolute atomic E-state index is 13.6. The molecule has 2 aromatic carbocycles. The number of hydrogen-bond donors (Lipinski definition) is 0. The summed E-state index contributed by atoms with van der Waals surface area (Å²) in [5.41, 5.74) is 4.08. The molecule has 2 atom stereocenters. The molecule has 2 fully saturated rings. The van der Waals surface area contributed by atoms with Crippen LogP contribution in [0.4, 0.5) is 4.39 Å². The first kappa shape index (κ1) is 21.2. The van der Waals surface area contributed by atoms with Crippen molar-refractivity contribution in [1.82, 2.24) is 14.5 Å². The number of benzene rings is 2.